The van der Waals surface area contributed by atoms with E-state index in [9.17, 15) is 24.0 Å². The van der Waals surface area contributed by atoms with E-state index in [0.717, 1.165) is 116 Å². The summed E-state index contributed by atoms with van der Waals surface area (Å²) in [6.07, 6.45) is 5.67. The first kappa shape index (κ1) is 40.4. The van der Waals surface area contributed by atoms with Crippen molar-refractivity contribution in [3.63, 3.8) is 0 Å². The molecule has 1 aromatic heterocycles. The smallest absolute Gasteiger partial charge is 0.255 e. The summed E-state index contributed by atoms with van der Waals surface area (Å²) in [7, 11) is 0. The van der Waals surface area contributed by atoms with E-state index in [1.807, 2.05) is 29.2 Å². The number of H-pyrrole nitrogens is 1. The van der Waals surface area contributed by atoms with Crippen molar-refractivity contribution in [1.82, 2.24) is 25.0 Å². The fourth-order valence-corrected chi connectivity index (χ4v) is 10.4. The van der Waals surface area contributed by atoms with Crippen molar-refractivity contribution < 1.29 is 24.0 Å². The second-order valence-electron chi connectivity index (χ2n) is 17.8. The number of fused-ring (bicyclic) bond motifs is 5. The Bertz CT molecular complexity index is 2500. The van der Waals surface area contributed by atoms with Crippen LogP contribution in [0.2, 0.25) is 0 Å². The van der Waals surface area contributed by atoms with E-state index in [0.29, 0.717) is 43.2 Å². The van der Waals surface area contributed by atoms with Crippen LogP contribution in [-0.2, 0) is 32.8 Å². The Balaban J connectivity index is 0.734. The molecule has 13 heteroatoms. The first-order chi connectivity index (χ1) is 29.4. The highest BCUT2D eigenvalue weighted by atomic mass is 16.2. The number of rotatable bonds is 10. The minimum absolute atomic E-state index is 0.0517. The van der Waals surface area contributed by atoms with Crippen molar-refractivity contribution in [2.75, 3.05) is 56.0 Å². The zero-order valence-electron chi connectivity index (χ0n) is 35.4. The molecule has 0 radical (unpaired) electrons. The molecule has 3 N–H and O–H groups in total. The summed E-state index contributed by atoms with van der Waals surface area (Å²) in [6, 6.07) is 15.5. The molecule has 5 aliphatic rings. The number of imide groups is 1. The van der Waals surface area contributed by atoms with Crippen LogP contribution in [0.1, 0.15) is 114 Å². The van der Waals surface area contributed by atoms with E-state index in [1.54, 1.807) is 17.0 Å². The van der Waals surface area contributed by atoms with Gasteiger partial charge in [0.25, 0.3) is 5.91 Å². The molecular formula is C48H54N8O5. The molecule has 9 rings (SSSR count). The molecule has 3 aromatic carbocycles. The number of piperazine rings is 1. The summed E-state index contributed by atoms with van der Waals surface area (Å²) in [4.78, 5) is 80.1. The number of piperidine rings is 2. The lowest BCUT2D eigenvalue weighted by molar-refractivity contribution is -0.137. The minimum atomic E-state index is -0.627. The van der Waals surface area contributed by atoms with Crippen LogP contribution in [0.5, 0.6) is 0 Å². The van der Waals surface area contributed by atoms with Gasteiger partial charge < -0.3 is 25.0 Å². The van der Waals surface area contributed by atoms with E-state index in [4.69, 9.17) is 6.57 Å². The summed E-state index contributed by atoms with van der Waals surface area (Å²) in [5, 5.41) is 6.66. The molecule has 316 valence electrons. The molecule has 1 aliphatic carbocycles. The second-order valence-corrected chi connectivity index (χ2v) is 17.8. The van der Waals surface area contributed by atoms with Gasteiger partial charge >= 0.3 is 0 Å². The average Bonchev–Trinajstić information content (AvgIpc) is 3.82. The average molecular weight is 823 g/mol. The maximum absolute atomic E-state index is 14.1. The SMILES string of the molecule is [C-]#[N+]c1ccc2c3c([nH]c2c1)C(C)(C)c1cc(N2CCC(N4CCN(C(=O)CCCCNc5ccc6c(c5)CN(C5CCC(=O)NC5=O)C6=O)CC4)CC2)c(CC)cc1C3=O. The number of nitrogens with one attached hydrogen (secondary N) is 3. The summed E-state index contributed by atoms with van der Waals surface area (Å²) in [5.74, 6) is -0.617. The lowest BCUT2D eigenvalue weighted by Crippen LogP contribution is -2.54. The topological polar surface area (TPSA) is 143 Å². The Morgan fingerprint density at radius 3 is 2.44 bits per heavy atom. The van der Waals surface area contributed by atoms with E-state index in [1.165, 1.54) is 11.3 Å². The van der Waals surface area contributed by atoms with E-state index in [-0.39, 0.29) is 29.9 Å². The molecular weight excluding hydrogens is 769 g/mol. The number of aromatic nitrogens is 1. The van der Waals surface area contributed by atoms with Gasteiger partial charge in [0.1, 0.15) is 6.04 Å². The van der Waals surface area contributed by atoms with Gasteiger partial charge in [-0.25, -0.2) is 4.85 Å². The van der Waals surface area contributed by atoms with Crippen molar-refractivity contribution in [3.8, 4) is 0 Å². The first-order valence-electron chi connectivity index (χ1n) is 22.0. The summed E-state index contributed by atoms with van der Waals surface area (Å²) in [6.45, 7) is 20.2. The Kier molecular flexibility index (Phi) is 10.7. The Labute approximate surface area is 356 Å². The Morgan fingerprint density at radius 2 is 1.70 bits per heavy atom. The second kappa shape index (κ2) is 16.1. The molecule has 4 aliphatic heterocycles. The van der Waals surface area contributed by atoms with Crippen LogP contribution in [0.3, 0.4) is 0 Å². The zero-order chi connectivity index (χ0) is 42.6. The standard InChI is InChI=1S/C48H54N8O5/c1-5-29-25-36-37(48(2,3)45-43(44(36)59)35-12-9-31(49-4)26-38(35)51-45)27-40(29)54-18-15-33(16-19-54)53-20-22-55(23-21-53)42(58)8-6-7-17-50-32-10-11-34-30(24-32)28-56(47(34)61)39-13-14-41(57)52-46(39)60/h9-12,24-27,33,39,50-51H,5-8,13-23,28H2,1-3H3,(H,52,57,60). The van der Waals surface area contributed by atoms with Gasteiger partial charge in [-0.2, -0.15) is 0 Å². The van der Waals surface area contributed by atoms with Gasteiger partial charge in [-0.3, -0.25) is 34.2 Å². The number of aryl methyl sites for hydroxylation is 1. The van der Waals surface area contributed by atoms with Crippen molar-refractivity contribution in [3.05, 3.63) is 99.0 Å². The van der Waals surface area contributed by atoms with E-state index >= 15 is 0 Å². The van der Waals surface area contributed by atoms with Crippen molar-refractivity contribution in [2.24, 2.45) is 0 Å². The molecule has 1 atom stereocenters. The Morgan fingerprint density at radius 1 is 0.918 bits per heavy atom. The fourth-order valence-electron chi connectivity index (χ4n) is 10.4. The summed E-state index contributed by atoms with van der Waals surface area (Å²) >= 11 is 0. The third-order valence-electron chi connectivity index (χ3n) is 13.9. The molecule has 4 aromatic rings. The predicted molar refractivity (Wildman–Crippen MR) is 234 cm³/mol. The number of benzene rings is 3. The molecule has 61 heavy (non-hydrogen) atoms. The van der Waals surface area contributed by atoms with Crippen molar-refractivity contribution >= 4 is 57.4 Å². The number of hydrogen-bond acceptors (Lipinski definition) is 8. The quantitative estimate of drug-likeness (QED) is 0.0961. The third-order valence-corrected chi connectivity index (χ3v) is 13.9. The summed E-state index contributed by atoms with van der Waals surface area (Å²) < 4.78 is 0. The monoisotopic (exact) mass is 822 g/mol. The number of nitrogens with zero attached hydrogens (tertiary/aromatic N) is 5. The van der Waals surface area contributed by atoms with Gasteiger partial charge in [-0.05, 0) is 91.6 Å². The van der Waals surface area contributed by atoms with E-state index < -0.39 is 17.4 Å². The predicted octanol–water partition coefficient (Wildman–Crippen LogP) is 6.31. The maximum atomic E-state index is 14.1. The molecule has 0 bridgehead atoms. The highest BCUT2D eigenvalue weighted by Crippen LogP contribution is 2.46. The molecule has 0 spiro atoms. The molecule has 1 unspecified atom stereocenters. The fraction of sp³-hybridized carbons (Fsp3) is 0.458. The molecule has 3 saturated heterocycles. The number of carbonyl (C=O) groups excluding carboxylic acids is 5. The first-order valence-corrected chi connectivity index (χ1v) is 22.0. The largest absolute Gasteiger partial charge is 0.385 e. The zero-order valence-corrected chi connectivity index (χ0v) is 35.4. The van der Waals surface area contributed by atoms with Gasteiger partial charge in [0.2, 0.25) is 17.7 Å². The number of anilines is 2. The number of hydrogen-bond donors (Lipinski definition) is 3. The number of unbranched alkanes of at least 4 members (excludes halogenated alkanes) is 1. The van der Waals surface area contributed by atoms with Crippen LogP contribution in [0.25, 0.3) is 15.7 Å². The van der Waals surface area contributed by atoms with Gasteiger partial charge in [0, 0.05) is 116 Å². The molecule has 4 amide bonds. The lowest BCUT2D eigenvalue weighted by Gasteiger charge is -2.44. The number of amides is 4. The lowest BCUT2D eigenvalue weighted by atomic mass is 9.70. The molecule has 5 heterocycles. The van der Waals surface area contributed by atoms with E-state index in [2.05, 4.69) is 63.2 Å². The number of carbonyl (C=O) groups is 5. The number of ketones is 1. The van der Waals surface area contributed by atoms with Crippen LogP contribution in [0.15, 0.2) is 48.5 Å². The van der Waals surface area contributed by atoms with Crippen LogP contribution in [0.4, 0.5) is 17.1 Å². The molecule has 13 nitrogen and oxygen atoms in total. The summed E-state index contributed by atoms with van der Waals surface area (Å²) in [5.41, 5.74) is 9.24. The third kappa shape index (κ3) is 7.34. The number of aromatic amines is 1. The Hall–Kier alpha value is -6.00. The van der Waals surface area contributed by atoms with Crippen molar-refractivity contribution in [2.45, 2.75) is 96.2 Å². The van der Waals surface area contributed by atoms with Crippen LogP contribution >= 0.6 is 0 Å². The highest BCUT2D eigenvalue weighted by molar-refractivity contribution is 6.20. The van der Waals surface area contributed by atoms with Crippen molar-refractivity contribution in [1.29, 1.82) is 0 Å². The van der Waals surface area contributed by atoms with Gasteiger partial charge in [-0.1, -0.05) is 32.9 Å². The van der Waals surface area contributed by atoms with Gasteiger partial charge in [0.15, 0.2) is 11.5 Å². The van der Waals surface area contributed by atoms with Crippen LogP contribution in [-0.4, -0.2) is 107 Å². The molecule has 3 fully saturated rings. The minimum Gasteiger partial charge on any atom is -0.385 e. The van der Waals surface area contributed by atoms with Crippen LogP contribution in [0, 0.1) is 6.57 Å². The van der Waals surface area contributed by atoms with Gasteiger partial charge in [-0.15, -0.1) is 0 Å². The normalized spacial score (nSPS) is 20.4. The molecule has 0 saturated carbocycles. The maximum Gasteiger partial charge on any atom is 0.255 e. The van der Waals surface area contributed by atoms with Gasteiger partial charge in [0.05, 0.1) is 12.1 Å². The highest BCUT2D eigenvalue weighted by Gasteiger charge is 2.42. The van der Waals surface area contributed by atoms with Crippen LogP contribution < -0.4 is 15.5 Å².